The van der Waals surface area contributed by atoms with Crippen molar-refractivity contribution in [2.24, 2.45) is 0 Å². The number of alkyl halides is 24. The molecule has 1 radical (unpaired) electrons. The van der Waals surface area contributed by atoms with Crippen LogP contribution in [0.15, 0.2) is 0 Å². The molecule has 0 aliphatic rings. The van der Waals surface area contributed by atoms with Gasteiger partial charge in [-0.2, -0.15) is 96.6 Å². The quantitative estimate of drug-likeness (QED) is 0.207. The molecular weight excluding hydrogens is 612 g/mol. The van der Waals surface area contributed by atoms with Crippen LogP contribution in [0.3, 0.4) is 0 Å². The van der Waals surface area contributed by atoms with E-state index in [0.717, 1.165) is 6.92 Å². The first kappa shape index (κ1) is 35.3. The van der Waals surface area contributed by atoms with Crippen molar-refractivity contribution in [1.82, 2.24) is 0 Å². The van der Waals surface area contributed by atoms with E-state index in [0.29, 0.717) is 0 Å². The van der Waals surface area contributed by atoms with Crippen LogP contribution in [0.4, 0.5) is 105 Å². The lowest BCUT2D eigenvalue weighted by molar-refractivity contribution is -0.475. The standard InChI is InChI=1S/C13H3F24/c1-3(16,17)5(20,21)7(24,25)9(28,29)11(32,33)13(36,37)12(34,35)10(30,31)8(26,27)6(22,23)4(18,19)2(14)15/h2H,1H2. The summed E-state index contributed by atoms with van der Waals surface area (Å²) in [7, 11) is 0. The lowest BCUT2D eigenvalue weighted by Gasteiger charge is -2.45. The first-order valence-corrected chi connectivity index (χ1v) is 7.74. The van der Waals surface area contributed by atoms with Gasteiger partial charge < -0.3 is 0 Å². The summed E-state index contributed by atoms with van der Waals surface area (Å²) in [6, 6.07) is 0. The highest BCUT2D eigenvalue weighted by Crippen LogP contribution is 2.67. The number of rotatable bonds is 11. The molecule has 0 unspecified atom stereocenters. The average Bonchev–Trinajstić information content (AvgIpc) is 2.65. The Hall–Kier alpha value is -1.68. The predicted molar refractivity (Wildman–Crippen MR) is 65.8 cm³/mol. The van der Waals surface area contributed by atoms with E-state index in [4.69, 9.17) is 0 Å². The van der Waals surface area contributed by atoms with Crippen molar-refractivity contribution < 1.29 is 105 Å². The summed E-state index contributed by atoms with van der Waals surface area (Å²) in [5, 5.41) is 0. The van der Waals surface area contributed by atoms with Crippen LogP contribution in [0.2, 0.25) is 0 Å². The molecule has 0 heterocycles. The maximum absolute atomic E-state index is 13.4. The first-order valence-electron chi connectivity index (χ1n) is 7.74. The van der Waals surface area contributed by atoms with Gasteiger partial charge in [-0.3, -0.25) is 0 Å². The van der Waals surface area contributed by atoms with Crippen LogP contribution in [-0.4, -0.2) is 71.6 Å². The second kappa shape index (κ2) is 8.41. The van der Waals surface area contributed by atoms with Crippen LogP contribution in [0, 0.1) is 6.92 Å². The molecule has 37 heavy (non-hydrogen) atoms. The van der Waals surface area contributed by atoms with Crippen molar-refractivity contribution >= 4 is 0 Å². The highest BCUT2D eigenvalue weighted by Gasteiger charge is 2.98. The number of hydrogen-bond donors (Lipinski definition) is 0. The fraction of sp³-hybridized carbons (Fsp3) is 0.923. The van der Waals surface area contributed by atoms with E-state index < -0.39 is 71.6 Å². The second-order valence-electron chi connectivity index (χ2n) is 6.80. The van der Waals surface area contributed by atoms with Crippen LogP contribution in [0.25, 0.3) is 0 Å². The molecule has 0 rings (SSSR count). The Morgan fingerprint density at radius 2 is 0.459 bits per heavy atom. The van der Waals surface area contributed by atoms with E-state index in [9.17, 15) is 105 Å². The zero-order valence-electron chi connectivity index (χ0n) is 15.9. The molecule has 0 amide bonds. The van der Waals surface area contributed by atoms with Gasteiger partial charge in [-0.1, -0.05) is 0 Å². The molecule has 223 valence electrons. The number of halogens is 24. The molecule has 0 aliphatic heterocycles. The van der Waals surface area contributed by atoms with Crippen LogP contribution in [0.1, 0.15) is 0 Å². The third-order valence-electron chi connectivity index (χ3n) is 4.31. The molecule has 0 N–H and O–H groups in total. The van der Waals surface area contributed by atoms with Crippen molar-refractivity contribution in [3.05, 3.63) is 6.92 Å². The molecule has 0 saturated carbocycles. The largest absolute Gasteiger partial charge is 0.385 e. The molecule has 0 aromatic heterocycles. The highest BCUT2D eigenvalue weighted by molar-refractivity contribution is 5.19. The van der Waals surface area contributed by atoms with Crippen LogP contribution in [-0.2, 0) is 0 Å². The van der Waals surface area contributed by atoms with Gasteiger partial charge in [-0.15, -0.1) is 0 Å². The maximum Gasteiger partial charge on any atom is 0.385 e. The summed E-state index contributed by atoms with van der Waals surface area (Å²) in [4.78, 5) is 0. The molecule has 0 aromatic rings. The molecule has 0 aromatic carbocycles. The van der Waals surface area contributed by atoms with Gasteiger partial charge in [0.2, 0.25) is 0 Å². The van der Waals surface area contributed by atoms with Gasteiger partial charge in [0.1, 0.15) is 0 Å². The summed E-state index contributed by atoms with van der Waals surface area (Å²) in [6.45, 7) is 0.739. The smallest absolute Gasteiger partial charge is 0.203 e. The van der Waals surface area contributed by atoms with E-state index in [1.807, 2.05) is 0 Å². The van der Waals surface area contributed by atoms with E-state index in [2.05, 4.69) is 0 Å². The van der Waals surface area contributed by atoms with E-state index in [1.165, 1.54) is 0 Å². The molecule has 0 atom stereocenters. The number of hydrogen-bond acceptors (Lipinski definition) is 0. The minimum atomic E-state index is -9.44. The topological polar surface area (TPSA) is 0 Å². The van der Waals surface area contributed by atoms with Crippen molar-refractivity contribution in [2.75, 3.05) is 0 Å². The van der Waals surface area contributed by atoms with Crippen LogP contribution in [0.5, 0.6) is 0 Å². The van der Waals surface area contributed by atoms with Crippen LogP contribution < -0.4 is 0 Å². The average molecular weight is 615 g/mol. The molecule has 0 spiro atoms. The molecule has 0 aliphatic carbocycles. The Kier molecular flexibility index (Phi) is 8.03. The Labute approximate surface area is 185 Å². The maximum atomic E-state index is 13.4. The lowest BCUT2D eigenvalue weighted by atomic mass is 9.85. The third kappa shape index (κ3) is 4.03. The Balaban J connectivity index is 7.22. The Morgan fingerprint density at radius 3 is 0.622 bits per heavy atom. The SMILES string of the molecule is [CH2]C(F)(F)C(F)(F)C(F)(F)C(F)(F)C(F)(F)C(F)(F)C(F)(F)C(F)(F)C(F)(F)C(F)(F)C(F)(F)C(F)F. The normalized spacial score (nSPS) is 17.0. The van der Waals surface area contributed by atoms with Crippen molar-refractivity contribution in [1.29, 1.82) is 0 Å². The van der Waals surface area contributed by atoms with E-state index in [1.54, 1.807) is 0 Å². The summed E-state index contributed by atoms with van der Waals surface area (Å²) in [5.74, 6) is -96.0. The monoisotopic (exact) mass is 615 g/mol. The van der Waals surface area contributed by atoms with Gasteiger partial charge in [-0.25, -0.2) is 8.78 Å². The minimum absolute atomic E-state index is 0.739. The van der Waals surface area contributed by atoms with Crippen molar-refractivity contribution in [3.8, 4) is 0 Å². The first-order chi connectivity index (χ1) is 15.4. The predicted octanol–water partition coefficient (Wildman–Crippen LogP) is 8.07. The molecule has 0 fully saturated rings. The second-order valence-corrected chi connectivity index (χ2v) is 6.80. The lowest BCUT2D eigenvalue weighted by Crippen LogP contribution is -2.78. The van der Waals surface area contributed by atoms with Gasteiger partial charge in [0.15, 0.2) is 0 Å². The summed E-state index contributed by atoms with van der Waals surface area (Å²) in [6.07, 6.45) is -6.24. The summed E-state index contributed by atoms with van der Waals surface area (Å²) < 4.78 is 312. The molecule has 0 bridgehead atoms. The molecule has 0 nitrogen and oxygen atoms in total. The molecule has 0 saturated heterocycles. The Bertz CT molecular complexity index is 826. The summed E-state index contributed by atoms with van der Waals surface area (Å²) >= 11 is 0. The Morgan fingerprint density at radius 1 is 0.297 bits per heavy atom. The third-order valence-corrected chi connectivity index (χ3v) is 4.31. The van der Waals surface area contributed by atoms with E-state index >= 15 is 0 Å². The van der Waals surface area contributed by atoms with Crippen molar-refractivity contribution in [2.45, 2.75) is 71.6 Å². The highest BCUT2D eigenvalue weighted by atomic mass is 19.4. The van der Waals surface area contributed by atoms with Gasteiger partial charge in [-0.05, 0) is 0 Å². The van der Waals surface area contributed by atoms with Crippen molar-refractivity contribution in [3.63, 3.8) is 0 Å². The zero-order valence-corrected chi connectivity index (χ0v) is 15.9. The molecular formula is C13H3F24. The van der Waals surface area contributed by atoms with E-state index in [-0.39, 0.29) is 0 Å². The fourth-order valence-electron chi connectivity index (χ4n) is 1.96. The zero-order chi connectivity index (χ0) is 31.1. The summed E-state index contributed by atoms with van der Waals surface area (Å²) in [5.41, 5.74) is 0. The van der Waals surface area contributed by atoms with Gasteiger partial charge in [0, 0.05) is 6.92 Å². The van der Waals surface area contributed by atoms with Gasteiger partial charge >= 0.3 is 71.6 Å². The fourth-order valence-corrected chi connectivity index (χ4v) is 1.96. The minimum Gasteiger partial charge on any atom is -0.203 e. The van der Waals surface area contributed by atoms with Gasteiger partial charge in [0.05, 0.1) is 0 Å². The molecule has 24 heteroatoms. The van der Waals surface area contributed by atoms with Crippen LogP contribution >= 0.6 is 0 Å². The van der Waals surface area contributed by atoms with Gasteiger partial charge in [0.25, 0.3) is 0 Å².